The third kappa shape index (κ3) is 11.1. The fraction of sp³-hybridized carbons (Fsp3) is 0.455. The van der Waals surface area contributed by atoms with Crippen molar-refractivity contribution in [2.75, 3.05) is 28.2 Å². The van der Waals surface area contributed by atoms with Crippen LogP contribution in [0.25, 0.3) is 11.2 Å². The number of rotatable bonds is 1. The van der Waals surface area contributed by atoms with E-state index in [9.17, 15) is 25.2 Å². The van der Waals surface area contributed by atoms with Crippen LogP contribution in [-0.4, -0.2) is 81.2 Å². The fourth-order valence-electron chi connectivity index (χ4n) is 1.45. The number of nitrogens with zero attached hydrogens (tertiary/aromatic N) is 6. The molecular weight excluding hydrogens is 404 g/mol. The zero-order valence-corrected chi connectivity index (χ0v) is 13.9. The topological polar surface area (TPSA) is 59.1 Å². The SMILES string of the molecule is C.CN(C)C(On1nnc2cccnc21)=[N+](C)C.F[P-](F)(F)(F)(F)F.[AlH3]. The maximum absolute atomic E-state index is 10.7. The van der Waals surface area contributed by atoms with Crippen molar-refractivity contribution in [1.29, 1.82) is 0 Å². The average Bonchev–Trinajstić information content (AvgIpc) is 2.74. The van der Waals surface area contributed by atoms with Crippen molar-refractivity contribution in [3.8, 4) is 0 Å². The molecule has 0 aliphatic rings. The first kappa shape index (κ1) is 26.6. The maximum Gasteiger partial charge on any atom is 0.187 e. The van der Waals surface area contributed by atoms with Crippen LogP contribution in [0.2, 0.25) is 0 Å². The van der Waals surface area contributed by atoms with Gasteiger partial charge >= 0.3 is 39.0 Å². The van der Waals surface area contributed by atoms with Gasteiger partial charge < -0.3 is 0 Å². The van der Waals surface area contributed by atoms with Gasteiger partial charge in [-0.1, -0.05) is 7.43 Å². The molecular formula is C11H22AlF6N6OP. The Labute approximate surface area is 156 Å². The van der Waals surface area contributed by atoms with Crippen LogP contribution >= 0.6 is 7.81 Å². The van der Waals surface area contributed by atoms with Crippen LogP contribution in [-0.2, 0) is 0 Å². The second kappa shape index (κ2) is 7.94. The minimum Gasteiger partial charge on any atom is 0.187 e. The summed E-state index contributed by atoms with van der Waals surface area (Å²) in [5.74, 6) is 0. The summed E-state index contributed by atoms with van der Waals surface area (Å²) in [6, 6.07) is 4.28. The zero-order valence-electron chi connectivity index (χ0n) is 13.0. The number of halogens is 6. The summed E-state index contributed by atoms with van der Waals surface area (Å²) in [5, 5.41) is 7.87. The summed E-state index contributed by atoms with van der Waals surface area (Å²) >= 11 is 0. The normalized spacial score (nSPS) is 13.0. The summed E-state index contributed by atoms with van der Waals surface area (Å²) < 4.78 is 61.0. The predicted octanol–water partition coefficient (Wildman–Crippen LogP) is 2.28. The van der Waals surface area contributed by atoms with E-state index in [0.717, 1.165) is 0 Å². The molecule has 2 aromatic heterocycles. The third-order valence-corrected chi connectivity index (χ3v) is 2.11. The van der Waals surface area contributed by atoms with Crippen molar-refractivity contribution >= 4 is 42.4 Å². The minimum atomic E-state index is -10.7. The van der Waals surface area contributed by atoms with E-state index in [1.807, 2.05) is 49.8 Å². The fourth-order valence-corrected chi connectivity index (χ4v) is 1.45. The third-order valence-electron chi connectivity index (χ3n) is 2.11. The van der Waals surface area contributed by atoms with E-state index in [4.69, 9.17) is 4.84 Å². The summed E-state index contributed by atoms with van der Waals surface area (Å²) in [4.78, 5) is 13.0. The molecule has 15 heteroatoms. The Kier molecular flexibility index (Phi) is 8.12. The standard InChI is InChI=1S/C10H15N6O.CH4.Al.F6P.3H/c1-14(2)10(15(3)4)17-16-9-8(12-13-16)6-5-7-11-9;;;1-7(2,3,4,5)6;;;/h5-7H,1-4H3;1H4;;;;;/q+1;;;-1;;;. The quantitative estimate of drug-likeness (QED) is 0.175. The smallest absolute Gasteiger partial charge is 0.187 e. The number of pyridine rings is 1. The van der Waals surface area contributed by atoms with Crippen LogP contribution in [0.15, 0.2) is 18.3 Å². The molecule has 152 valence electrons. The molecule has 26 heavy (non-hydrogen) atoms. The van der Waals surface area contributed by atoms with Gasteiger partial charge in [0.15, 0.2) is 17.4 Å². The Morgan fingerprint density at radius 2 is 1.65 bits per heavy atom. The van der Waals surface area contributed by atoms with Gasteiger partial charge in [-0.2, -0.15) is 0 Å². The van der Waals surface area contributed by atoms with Crippen molar-refractivity contribution in [3.05, 3.63) is 18.3 Å². The molecule has 0 amide bonds. The second-order valence-electron chi connectivity index (χ2n) is 4.93. The van der Waals surface area contributed by atoms with Crippen molar-refractivity contribution in [2.24, 2.45) is 0 Å². The molecule has 2 aromatic rings. The number of amidine groups is 1. The zero-order chi connectivity index (χ0) is 18.8. The van der Waals surface area contributed by atoms with Crippen molar-refractivity contribution in [1.82, 2.24) is 25.0 Å². The van der Waals surface area contributed by atoms with E-state index in [1.54, 1.807) is 6.20 Å². The van der Waals surface area contributed by atoms with E-state index < -0.39 is 7.81 Å². The van der Waals surface area contributed by atoms with Crippen LogP contribution in [0.4, 0.5) is 25.2 Å². The molecule has 0 aromatic carbocycles. The molecule has 0 bridgehead atoms. The van der Waals surface area contributed by atoms with Gasteiger partial charge in [0.1, 0.15) is 5.52 Å². The predicted molar refractivity (Wildman–Crippen MR) is 92.9 cm³/mol. The number of hydrogen-bond donors (Lipinski definition) is 0. The molecule has 0 saturated carbocycles. The summed E-state index contributed by atoms with van der Waals surface area (Å²) in [6.45, 7) is 0. The van der Waals surface area contributed by atoms with Crippen LogP contribution in [0, 0.1) is 0 Å². The Morgan fingerprint density at radius 1 is 1.15 bits per heavy atom. The molecule has 0 unspecified atom stereocenters. The van der Waals surface area contributed by atoms with Gasteiger partial charge in [-0.25, -0.2) is 14.5 Å². The van der Waals surface area contributed by atoms with Gasteiger partial charge in [-0.15, -0.1) is 5.10 Å². The average molecular weight is 426 g/mol. The van der Waals surface area contributed by atoms with E-state index in [0.29, 0.717) is 17.2 Å². The second-order valence-corrected chi connectivity index (χ2v) is 6.85. The van der Waals surface area contributed by atoms with E-state index in [2.05, 4.69) is 15.3 Å². The number of fused-ring (bicyclic) bond motifs is 1. The minimum absolute atomic E-state index is 0. The molecule has 0 fully saturated rings. The van der Waals surface area contributed by atoms with Gasteiger partial charge in [0.25, 0.3) is 0 Å². The Balaban J connectivity index is 0. The molecule has 0 saturated heterocycles. The molecule has 0 aliphatic carbocycles. The molecule has 0 aliphatic heterocycles. The van der Waals surface area contributed by atoms with Gasteiger partial charge in [-0.3, -0.25) is 4.84 Å². The molecule has 2 rings (SSSR count). The van der Waals surface area contributed by atoms with Gasteiger partial charge in [-0.05, 0) is 22.2 Å². The van der Waals surface area contributed by atoms with Gasteiger partial charge in [0.2, 0.25) is 5.65 Å². The summed E-state index contributed by atoms with van der Waals surface area (Å²) in [7, 11) is -3.09. The molecule has 0 radical (unpaired) electrons. The number of aromatic nitrogens is 4. The van der Waals surface area contributed by atoms with Crippen molar-refractivity contribution in [2.45, 2.75) is 7.43 Å². The molecule has 0 atom stereocenters. The number of hydrogen-bond acceptors (Lipinski definition) is 4. The Morgan fingerprint density at radius 3 is 2.08 bits per heavy atom. The molecule has 0 N–H and O–H groups in total. The summed E-state index contributed by atoms with van der Waals surface area (Å²) in [6.07, 6.45) is 1.68. The van der Waals surface area contributed by atoms with Crippen molar-refractivity contribution in [3.63, 3.8) is 0 Å². The van der Waals surface area contributed by atoms with Crippen LogP contribution in [0.1, 0.15) is 7.43 Å². The van der Waals surface area contributed by atoms with Crippen LogP contribution in [0.3, 0.4) is 0 Å². The summed E-state index contributed by atoms with van der Waals surface area (Å²) in [5.41, 5.74) is 1.29. The van der Waals surface area contributed by atoms with Crippen molar-refractivity contribution < 1.29 is 34.6 Å². The molecule has 2 heterocycles. The van der Waals surface area contributed by atoms with E-state index in [-0.39, 0.29) is 24.8 Å². The van der Waals surface area contributed by atoms with E-state index >= 15 is 0 Å². The maximum atomic E-state index is 9.87. The Bertz CT molecular complexity index is 748. The molecule has 7 nitrogen and oxygen atoms in total. The first-order chi connectivity index (χ1) is 10.5. The van der Waals surface area contributed by atoms with Gasteiger partial charge in [0, 0.05) is 6.20 Å². The molecule has 0 spiro atoms. The van der Waals surface area contributed by atoms with Gasteiger partial charge in [0.05, 0.1) is 28.2 Å². The van der Waals surface area contributed by atoms with E-state index in [1.165, 1.54) is 4.85 Å². The monoisotopic (exact) mass is 426 g/mol. The first-order valence-corrected chi connectivity index (χ1v) is 8.20. The first-order valence-electron chi connectivity index (χ1n) is 6.17. The van der Waals surface area contributed by atoms with Crippen LogP contribution in [0.5, 0.6) is 0 Å². The Hall–Kier alpha value is -1.64. The van der Waals surface area contributed by atoms with Crippen LogP contribution < -0.4 is 4.84 Å². The largest absolute Gasteiger partial charge is 0.187 e.